The van der Waals surface area contributed by atoms with Gasteiger partial charge in [-0.3, -0.25) is 4.98 Å². The van der Waals surface area contributed by atoms with E-state index in [0.29, 0.717) is 11.0 Å². The number of hydrogen-bond acceptors (Lipinski definition) is 4. The highest BCUT2D eigenvalue weighted by Gasteiger charge is 2.44. The third kappa shape index (κ3) is 3.50. The molecule has 1 atom stereocenters. The van der Waals surface area contributed by atoms with E-state index in [1.165, 1.54) is 18.3 Å². The molecule has 0 amide bonds. The van der Waals surface area contributed by atoms with Crippen molar-refractivity contribution in [1.29, 1.82) is 0 Å². The van der Waals surface area contributed by atoms with Gasteiger partial charge in [-0.05, 0) is 29.0 Å². The molecule has 0 aliphatic rings. The van der Waals surface area contributed by atoms with Crippen LogP contribution in [-0.4, -0.2) is 21.1 Å². The van der Waals surface area contributed by atoms with Crippen LogP contribution in [0.1, 0.15) is 11.7 Å². The molecule has 4 nitrogen and oxygen atoms in total. The zero-order valence-electron chi connectivity index (χ0n) is 13.6. The van der Waals surface area contributed by atoms with E-state index in [1.54, 1.807) is 12.1 Å². The Labute approximate surface area is 156 Å². The molecule has 27 heavy (non-hydrogen) atoms. The molecule has 0 saturated heterocycles. The van der Waals surface area contributed by atoms with Crippen molar-refractivity contribution in [3.05, 3.63) is 71.6 Å². The predicted molar refractivity (Wildman–Crippen MR) is 95.7 cm³/mol. The molecule has 1 unspecified atom stereocenters. The largest absolute Gasteiger partial charge is 0.457 e. The van der Waals surface area contributed by atoms with Gasteiger partial charge in [0.1, 0.15) is 0 Å². The maximum absolute atomic E-state index is 13.5. The third-order valence-electron chi connectivity index (χ3n) is 3.97. The summed E-state index contributed by atoms with van der Waals surface area (Å²) >= 11 is 6.05. The van der Waals surface area contributed by atoms with E-state index in [4.69, 9.17) is 16.3 Å². The Morgan fingerprint density at radius 1 is 0.926 bits per heavy atom. The maximum Gasteiger partial charge on any atom is 0.429 e. The summed E-state index contributed by atoms with van der Waals surface area (Å²) in [6.07, 6.45) is -4.46. The number of pyridine rings is 1. The number of rotatable bonds is 3. The van der Waals surface area contributed by atoms with Crippen LogP contribution in [0.5, 0.6) is 5.88 Å². The Morgan fingerprint density at radius 2 is 1.59 bits per heavy atom. The van der Waals surface area contributed by atoms with Gasteiger partial charge in [-0.25, -0.2) is 9.97 Å². The highest BCUT2D eigenvalue weighted by atomic mass is 35.5. The summed E-state index contributed by atoms with van der Waals surface area (Å²) in [5.41, 5.74) is 0.706. The van der Waals surface area contributed by atoms with Gasteiger partial charge in [0.25, 0.3) is 5.88 Å². The van der Waals surface area contributed by atoms with Gasteiger partial charge in [-0.15, -0.1) is 0 Å². The lowest BCUT2D eigenvalue weighted by Crippen LogP contribution is -2.26. The number of alkyl halides is 3. The number of halogens is 4. The van der Waals surface area contributed by atoms with E-state index in [-0.39, 0.29) is 16.6 Å². The maximum atomic E-state index is 13.5. The third-order valence-corrected chi connectivity index (χ3v) is 4.22. The fourth-order valence-electron chi connectivity index (χ4n) is 2.75. The fourth-order valence-corrected chi connectivity index (χ4v) is 2.92. The first-order chi connectivity index (χ1) is 12.9. The molecule has 136 valence electrons. The van der Waals surface area contributed by atoms with Crippen molar-refractivity contribution in [2.45, 2.75) is 12.3 Å². The van der Waals surface area contributed by atoms with Gasteiger partial charge in [0.05, 0.1) is 11.0 Å². The summed E-state index contributed by atoms with van der Waals surface area (Å²) in [4.78, 5) is 12.0. The lowest BCUT2D eigenvalue weighted by atomic mass is 10.1. The van der Waals surface area contributed by atoms with Crippen LogP contribution in [0.4, 0.5) is 13.2 Å². The number of benzene rings is 2. The standard InChI is InChI=1S/C19H11ClF3N3O/c20-17-18(27-16(19(21,22)23)13-6-3-7-24-10-13)26-15-9-12-5-2-1-4-11(12)8-14(15)25-17/h1-10,16H. The summed E-state index contributed by atoms with van der Waals surface area (Å²) in [6.45, 7) is 0. The minimum atomic E-state index is -4.67. The molecule has 0 aliphatic heterocycles. The molecular formula is C19H11ClF3N3O. The smallest absolute Gasteiger partial charge is 0.429 e. The SMILES string of the molecule is FC(F)(F)C(Oc1nc2cc3ccccc3cc2nc1Cl)c1cccnc1. The van der Waals surface area contributed by atoms with Crippen LogP contribution in [0.3, 0.4) is 0 Å². The van der Waals surface area contributed by atoms with Gasteiger partial charge in [-0.1, -0.05) is 41.9 Å². The Balaban J connectivity index is 1.80. The van der Waals surface area contributed by atoms with E-state index in [0.717, 1.165) is 17.0 Å². The first kappa shape index (κ1) is 17.5. The molecule has 0 fully saturated rings. The number of nitrogens with zero attached hydrogens (tertiary/aromatic N) is 3. The van der Waals surface area contributed by atoms with E-state index in [2.05, 4.69) is 15.0 Å². The molecule has 0 spiro atoms. The molecule has 0 N–H and O–H groups in total. The molecule has 0 radical (unpaired) electrons. The van der Waals surface area contributed by atoms with Crippen molar-refractivity contribution in [3.63, 3.8) is 0 Å². The number of ether oxygens (including phenoxy) is 1. The fraction of sp³-hybridized carbons (Fsp3) is 0.105. The van der Waals surface area contributed by atoms with Crippen LogP contribution in [0.15, 0.2) is 60.9 Å². The molecule has 4 aromatic rings. The molecule has 2 heterocycles. The minimum absolute atomic E-state index is 0.151. The Hall–Kier alpha value is -2.93. The predicted octanol–water partition coefficient (Wildman–Crippen LogP) is 5.51. The van der Waals surface area contributed by atoms with E-state index < -0.39 is 12.3 Å². The van der Waals surface area contributed by atoms with Crippen molar-refractivity contribution in [2.75, 3.05) is 0 Å². The first-order valence-corrected chi connectivity index (χ1v) is 8.29. The second kappa shape index (κ2) is 6.66. The second-order valence-corrected chi connectivity index (χ2v) is 6.19. The topological polar surface area (TPSA) is 47.9 Å². The van der Waals surface area contributed by atoms with Crippen LogP contribution >= 0.6 is 11.6 Å². The summed E-state index contributed by atoms with van der Waals surface area (Å²) in [5.74, 6) is -0.384. The van der Waals surface area contributed by atoms with E-state index in [9.17, 15) is 13.2 Å². The number of fused-ring (bicyclic) bond motifs is 2. The van der Waals surface area contributed by atoms with Crippen LogP contribution < -0.4 is 4.74 Å². The zero-order valence-corrected chi connectivity index (χ0v) is 14.4. The molecule has 2 aromatic carbocycles. The molecule has 0 aliphatic carbocycles. The van der Waals surface area contributed by atoms with Gasteiger partial charge in [-0.2, -0.15) is 13.2 Å². The van der Waals surface area contributed by atoms with Gasteiger partial charge in [0, 0.05) is 18.0 Å². The van der Waals surface area contributed by atoms with Crippen LogP contribution in [0.25, 0.3) is 21.8 Å². The quantitative estimate of drug-likeness (QED) is 0.433. The van der Waals surface area contributed by atoms with E-state index in [1.807, 2.05) is 24.3 Å². The lowest BCUT2D eigenvalue weighted by Gasteiger charge is -2.21. The number of aromatic nitrogens is 3. The highest BCUT2D eigenvalue weighted by Crippen LogP contribution is 2.38. The normalized spacial score (nSPS) is 13.0. The average molecular weight is 390 g/mol. The van der Waals surface area contributed by atoms with Crippen molar-refractivity contribution in [1.82, 2.24) is 15.0 Å². The van der Waals surface area contributed by atoms with Crippen molar-refractivity contribution in [3.8, 4) is 5.88 Å². The van der Waals surface area contributed by atoms with Crippen LogP contribution in [0.2, 0.25) is 5.15 Å². The summed E-state index contributed by atoms with van der Waals surface area (Å²) in [7, 11) is 0. The van der Waals surface area contributed by atoms with Crippen molar-refractivity contribution < 1.29 is 17.9 Å². The van der Waals surface area contributed by atoms with Crippen LogP contribution in [-0.2, 0) is 0 Å². The molecule has 4 rings (SSSR count). The second-order valence-electron chi connectivity index (χ2n) is 5.83. The summed E-state index contributed by atoms with van der Waals surface area (Å²) < 4.78 is 45.6. The van der Waals surface area contributed by atoms with Gasteiger partial charge in [0.15, 0.2) is 5.15 Å². The Bertz CT molecular complexity index is 1120. The summed E-state index contributed by atoms with van der Waals surface area (Å²) in [5, 5.41) is 1.57. The van der Waals surface area contributed by atoms with E-state index >= 15 is 0 Å². The zero-order chi connectivity index (χ0) is 19.0. The molecule has 0 saturated carbocycles. The summed E-state index contributed by atoms with van der Waals surface area (Å²) in [6, 6.07) is 13.7. The van der Waals surface area contributed by atoms with Crippen molar-refractivity contribution >= 4 is 33.4 Å². The monoisotopic (exact) mass is 389 g/mol. The Morgan fingerprint density at radius 3 is 2.19 bits per heavy atom. The van der Waals surface area contributed by atoms with Crippen molar-refractivity contribution in [2.24, 2.45) is 0 Å². The number of hydrogen-bond donors (Lipinski definition) is 0. The molecule has 0 bridgehead atoms. The molecular weight excluding hydrogens is 379 g/mol. The highest BCUT2D eigenvalue weighted by molar-refractivity contribution is 6.31. The first-order valence-electron chi connectivity index (χ1n) is 7.91. The Kier molecular flexibility index (Phi) is 4.31. The van der Waals surface area contributed by atoms with Gasteiger partial charge >= 0.3 is 6.18 Å². The minimum Gasteiger partial charge on any atom is -0.457 e. The average Bonchev–Trinajstić information content (AvgIpc) is 2.64. The van der Waals surface area contributed by atoms with Gasteiger partial charge < -0.3 is 4.74 Å². The molecule has 2 aromatic heterocycles. The molecule has 8 heteroatoms. The van der Waals surface area contributed by atoms with Gasteiger partial charge in [0.2, 0.25) is 6.10 Å². The lowest BCUT2D eigenvalue weighted by molar-refractivity contribution is -0.198. The van der Waals surface area contributed by atoms with Crippen LogP contribution in [0, 0.1) is 0 Å².